The van der Waals surface area contributed by atoms with E-state index < -0.39 is 0 Å². The first-order chi connectivity index (χ1) is 13.2. The Morgan fingerprint density at radius 1 is 1.11 bits per heavy atom. The number of nitrogens with zero attached hydrogens (tertiary/aromatic N) is 1. The Morgan fingerprint density at radius 2 is 1.78 bits per heavy atom. The van der Waals surface area contributed by atoms with Gasteiger partial charge in [-0.3, -0.25) is 4.79 Å². The quantitative estimate of drug-likeness (QED) is 0.779. The fourth-order valence-corrected chi connectivity index (χ4v) is 3.59. The molecule has 2 aromatic carbocycles. The van der Waals surface area contributed by atoms with Crippen LogP contribution in [-0.2, 0) is 11.3 Å². The lowest BCUT2D eigenvalue weighted by Gasteiger charge is -2.36. The number of benzene rings is 2. The average Bonchev–Trinajstić information content (AvgIpc) is 2.73. The number of ether oxygens (including phenoxy) is 1. The number of quaternary nitrogens is 1. The highest BCUT2D eigenvalue weighted by molar-refractivity contribution is 5.79. The maximum absolute atomic E-state index is 12.5. The van der Waals surface area contributed by atoms with Gasteiger partial charge in [-0.15, -0.1) is 0 Å². The maximum atomic E-state index is 12.5. The summed E-state index contributed by atoms with van der Waals surface area (Å²) in [5, 5.41) is 3.07. The van der Waals surface area contributed by atoms with Gasteiger partial charge in [-0.25, -0.2) is 0 Å². The summed E-state index contributed by atoms with van der Waals surface area (Å²) < 4.78 is 5.76. The van der Waals surface area contributed by atoms with Crippen molar-refractivity contribution in [2.24, 2.45) is 0 Å². The molecule has 1 atom stereocenters. The molecule has 1 aliphatic heterocycles. The summed E-state index contributed by atoms with van der Waals surface area (Å²) in [6, 6.07) is 18.2. The van der Waals surface area contributed by atoms with Crippen molar-refractivity contribution in [3.05, 3.63) is 60.2 Å². The minimum atomic E-state index is -0.0435. The van der Waals surface area contributed by atoms with Gasteiger partial charge in [0.25, 0.3) is 5.91 Å². The molecule has 0 aliphatic carbocycles. The smallest absolute Gasteiger partial charge is 0.278 e. The van der Waals surface area contributed by atoms with Crippen molar-refractivity contribution in [1.82, 2.24) is 5.32 Å². The van der Waals surface area contributed by atoms with E-state index >= 15 is 0 Å². The summed E-state index contributed by atoms with van der Waals surface area (Å²) >= 11 is 0. The number of carbonyl (C=O) groups excluding carboxylic acids is 1. The summed E-state index contributed by atoms with van der Waals surface area (Å²) in [5.41, 5.74) is 2.28. The molecule has 5 nitrogen and oxygen atoms in total. The zero-order valence-corrected chi connectivity index (χ0v) is 16.3. The van der Waals surface area contributed by atoms with Crippen molar-refractivity contribution in [2.75, 3.05) is 37.7 Å². The summed E-state index contributed by atoms with van der Waals surface area (Å²) in [6.07, 6.45) is 0. The van der Waals surface area contributed by atoms with Crippen LogP contribution >= 0.6 is 0 Å². The predicted molar refractivity (Wildman–Crippen MR) is 108 cm³/mol. The molecule has 0 saturated carbocycles. The standard InChI is InChI=1S/C22H29N3O2/c1-3-27-21-12-8-7-11-20(21)25-15-13-24(14-16-25)18(2)22(26)23-17-19-9-5-4-6-10-19/h4-12,18H,3,13-17H2,1-2H3,(H,23,26)/p+1/t18-/m1/s1. The van der Waals surface area contributed by atoms with Crippen LogP contribution in [0, 0.1) is 0 Å². The van der Waals surface area contributed by atoms with Crippen LogP contribution in [0.15, 0.2) is 54.6 Å². The van der Waals surface area contributed by atoms with Gasteiger partial charge < -0.3 is 19.9 Å². The summed E-state index contributed by atoms with van der Waals surface area (Å²) in [5.74, 6) is 1.06. The van der Waals surface area contributed by atoms with Crippen molar-refractivity contribution in [2.45, 2.75) is 26.4 Å². The Kier molecular flexibility index (Phi) is 6.71. The number of hydrogen-bond acceptors (Lipinski definition) is 3. The van der Waals surface area contributed by atoms with Crippen LogP contribution in [0.1, 0.15) is 19.4 Å². The lowest BCUT2D eigenvalue weighted by molar-refractivity contribution is -0.914. The molecule has 0 unspecified atom stereocenters. The van der Waals surface area contributed by atoms with Gasteiger partial charge >= 0.3 is 0 Å². The van der Waals surface area contributed by atoms with Crippen LogP contribution in [0.4, 0.5) is 5.69 Å². The molecular weight excluding hydrogens is 338 g/mol. The first kappa shape index (κ1) is 19.2. The molecule has 5 heteroatoms. The number of amides is 1. The molecule has 1 amide bonds. The second-order valence-electron chi connectivity index (χ2n) is 6.97. The highest BCUT2D eigenvalue weighted by Crippen LogP contribution is 2.27. The van der Waals surface area contributed by atoms with Crippen LogP contribution in [0.3, 0.4) is 0 Å². The normalized spacial score (nSPS) is 16.0. The van der Waals surface area contributed by atoms with Crippen molar-refractivity contribution >= 4 is 11.6 Å². The van der Waals surface area contributed by atoms with Crippen LogP contribution in [0.2, 0.25) is 0 Å². The highest BCUT2D eigenvalue weighted by atomic mass is 16.5. The Hall–Kier alpha value is -2.53. The van der Waals surface area contributed by atoms with Gasteiger partial charge in [0.15, 0.2) is 6.04 Å². The van der Waals surface area contributed by atoms with E-state index in [1.54, 1.807) is 0 Å². The van der Waals surface area contributed by atoms with Crippen molar-refractivity contribution in [1.29, 1.82) is 0 Å². The van der Waals surface area contributed by atoms with Crippen LogP contribution < -0.4 is 19.9 Å². The van der Waals surface area contributed by atoms with Crippen LogP contribution in [0.25, 0.3) is 0 Å². The van der Waals surface area contributed by atoms with E-state index in [9.17, 15) is 4.79 Å². The zero-order valence-electron chi connectivity index (χ0n) is 16.3. The Morgan fingerprint density at radius 3 is 2.48 bits per heavy atom. The van der Waals surface area contributed by atoms with Crippen LogP contribution in [-0.4, -0.2) is 44.7 Å². The third-order valence-corrected chi connectivity index (χ3v) is 5.23. The van der Waals surface area contributed by atoms with Crippen molar-refractivity contribution < 1.29 is 14.4 Å². The molecule has 1 fully saturated rings. The van der Waals surface area contributed by atoms with Crippen LogP contribution in [0.5, 0.6) is 5.75 Å². The fourth-order valence-electron chi connectivity index (χ4n) is 3.59. The van der Waals surface area contributed by atoms with Gasteiger partial charge in [-0.2, -0.15) is 0 Å². The molecule has 0 aromatic heterocycles. The predicted octanol–water partition coefficient (Wildman–Crippen LogP) is 1.50. The SMILES string of the molecule is CCOc1ccccc1N1CC[NH+]([C@H](C)C(=O)NCc2ccccc2)CC1. The second kappa shape index (κ2) is 9.42. The molecule has 0 spiro atoms. The maximum Gasteiger partial charge on any atom is 0.278 e. The zero-order chi connectivity index (χ0) is 19.1. The van der Waals surface area contributed by atoms with E-state index in [1.807, 2.05) is 56.3 Å². The van der Waals surface area contributed by atoms with E-state index in [-0.39, 0.29) is 11.9 Å². The van der Waals surface area contributed by atoms with E-state index in [2.05, 4.69) is 22.3 Å². The molecule has 144 valence electrons. The summed E-state index contributed by atoms with van der Waals surface area (Å²) in [4.78, 5) is 16.2. The second-order valence-corrected chi connectivity index (χ2v) is 6.97. The minimum absolute atomic E-state index is 0.0435. The lowest BCUT2D eigenvalue weighted by Crippen LogP contribution is -3.19. The fraction of sp³-hybridized carbons (Fsp3) is 0.409. The van der Waals surface area contributed by atoms with Gasteiger partial charge in [-0.05, 0) is 31.5 Å². The Balaban J connectivity index is 1.52. The minimum Gasteiger partial charge on any atom is -0.492 e. The Bertz CT molecular complexity index is 727. The highest BCUT2D eigenvalue weighted by Gasteiger charge is 2.29. The number of carbonyl (C=O) groups is 1. The monoisotopic (exact) mass is 368 g/mol. The molecule has 1 aliphatic rings. The molecule has 2 N–H and O–H groups in total. The number of hydrogen-bond donors (Lipinski definition) is 2. The van der Waals surface area contributed by atoms with Gasteiger partial charge in [0.2, 0.25) is 0 Å². The Labute approximate surface area is 161 Å². The average molecular weight is 369 g/mol. The third kappa shape index (κ3) is 5.01. The topological polar surface area (TPSA) is 46.0 Å². The molecule has 1 heterocycles. The molecular formula is C22H30N3O2+. The molecule has 2 aromatic rings. The summed E-state index contributed by atoms with van der Waals surface area (Å²) in [6.45, 7) is 9.03. The molecule has 0 radical (unpaired) electrons. The summed E-state index contributed by atoms with van der Waals surface area (Å²) in [7, 11) is 0. The van der Waals surface area contributed by atoms with Gasteiger partial charge in [-0.1, -0.05) is 42.5 Å². The van der Waals surface area contributed by atoms with E-state index in [0.29, 0.717) is 13.2 Å². The van der Waals surface area contributed by atoms with Gasteiger partial charge in [0.1, 0.15) is 5.75 Å². The first-order valence-corrected chi connectivity index (χ1v) is 9.82. The first-order valence-electron chi connectivity index (χ1n) is 9.82. The van der Waals surface area contributed by atoms with Gasteiger partial charge in [0.05, 0.1) is 38.5 Å². The molecule has 1 saturated heterocycles. The number of piperazine rings is 1. The van der Waals surface area contributed by atoms with E-state index in [0.717, 1.165) is 43.2 Å². The van der Waals surface area contributed by atoms with E-state index in [4.69, 9.17) is 4.74 Å². The third-order valence-electron chi connectivity index (χ3n) is 5.23. The van der Waals surface area contributed by atoms with E-state index in [1.165, 1.54) is 4.90 Å². The molecule has 27 heavy (non-hydrogen) atoms. The molecule has 0 bridgehead atoms. The number of para-hydroxylation sites is 2. The molecule has 3 rings (SSSR count). The lowest BCUT2D eigenvalue weighted by atomic mass is 10.1. The van der Waals surface area contributed by atoms with Crippen molar-refractivity contribution in [3.63, 3.8) is 0 Å². The number of nitrogens with one attached hydrogen (secondary N) is 2. The largest absolute Gasteiger partial charge is 0.492 e. The number of rotatable bonds is 7. The number of anilines is 1. The van der Waals surface area contributed by atoms with Gasteiger partial charge in [0, 0.05) is 6.54 Å². The van der Waals surface area contributed by atoms with Crippen molar-refractivity contribution in [3.8, 4) is 5.75 Å².